The highest BCUT2D eigenvalue weighted by molar-refractivity contribution is 7.93. The van der Waals surface area contributed by atoms with Crippen LogP contribution >= 0.6 is 0 Å². The molecule has 1 atom stereocenters. The van der Waals surface area contributed by atoms with Crippen LogP contribution in [0.1, 0.15) is 32.8 Å². The van der Waals surface area contributed by atoms with Crippen molar-refractivity contribution >= 4 is 44.5 Å². The number of aromatic nitrogens is 2. The normalized spacial score (nSPS) is 19.8. The monoisotopic (exact) mass is 414 g/mol. The van der Waals surface area contributed by atoms with Gasteiger partial charge in [0.25, 0.3) is 5.91 Å². The molecule has 29 heavy (non-hydrogen) atoms. The molecule has 1 aromatic heterocycles. The van der Waals surface area contributed by atoms with Crippen molar-refractivity contribution in [3.8, 4) is 0 Å². The minimum atomic E-state index is -1.62. The highest BCUT2D eigenvalue weighted by atomic mass is 32.2. The minimum absolute atomic E-state index is 0.311. The number of amides is 2. The summed E-state index contributed by atoms with van der Waals surface area (Å²) in [6, 6.07) is 5.92. The number of nitrogens with zero attached hydrogens (tertiary/aromatic N) is 3. The zero-order valence-corrected chi connectivity index (χ0v) is 17.3. The number of carbonyl (C=O) groups is 2. The zero-order chi connectivity index (χ0) is 20.8. The van der Waals surface area contributed by atoms with Crippen molar-refractivity contribution in [2.75, 3.05) is 13.1 Å². The van der Waals surface area contributed by atoms with Gasteiger partial charge in [-0.2, -0.15) is 5.10 Å². The number of rotatable bonds is 2. The Balaban J connectivity index is 1.59. The average Bonchev–Trinajstić information content (AvgIpc) is 3.22. The van der Waals surface area contributed by atoms with Crippen molar-refractivity contribution in [3.63, 3.8) is 0 Å². The van der Waals surface area contributed by atoms with Gasteiger partial charge in [0.2, 0.25) is 0 Å². The van der Waals surface area contributed by atoms with Crippen LogP contribution < -0.4 is 4.72 Å². The van der Waals surface area contributed by atoms with E-state index in [9.17, 15) is 13.8 Å². The quantitative estimate of drug-likeness (QED) is 0.815. The summed E-state index contributed by atoms with van der Waals surface area (Å²) in [4.78, 5) is 25.4. The highest BCUT2D eigenvalue weighted by Gasteiger charge is 2.25. The van der Waals surface area contributed by atoms with Gasteiger partial charge in [0.1, 0.15) is 5.60 Å². The lowest BCUT2D eigenvalue weighted by Crippen LogP contribution is -2.39. The molecule has 1 aromatic carbocycles. The predicted molar refractivity (Wildman–Crippen MR) is 111 cm³/mol. The summed E-state index contributed by atoms with van der Waals surface area (Å²) in [5, 5.41) is 5.49. The summed E-state index contributed by atoms with van der Waals surface area (Å²) >= 11 is 0. The van der Waals surface area contributed by atoms with Crippen LogP contribution in [-0.4, -0.2) is 49.6 Å². The van der Waals surface area contributed by atoms with Crippen LogP contribution in [0.2, 0.25) is 0 Å². The average molecular weight is 414 g/mol. The van der Waals surface area contributed by atoms with Crippen LogP contribution in [0.5, 0.6) is 0 Å². The molecule has 0 spiro atoms. The molecule has 0 fully saturated rings. The maximum Gasteiger partial charge on any atom is 0.410 e. The summed E-state index contributed by atoms with van der Waals surface area (Å²) < 4.78 is 21.4. The van der Waals surface area contributed by atoms with Gasteiger partial charge in [0.15, 0.2) is 16.0 Å². The van der Waals surface area contributed by atoms with Gasteiger partial charge in [0, 0.05) is 24.6 Å². The van der Waals surface area contributed by atoms with E-state index in [1.165, 1.54) is 10.8 Å². The minimum Gasteiger partial charge on any atom is -0.444 e. The lowest BCUT2D eigenvalue weighted by molar-refractivity contribution is -0.114. The Labute approximate surface area is 170 Å². The molecule has 2 aliphatic rings. The van der Waals surface area contributed by atoms with Gasteiger partial charge in [-0.1, -0.05) is 18.2 Å². The molecule has 0 bridgehead atoms. The van der Waals surface area contributed by atoms with Crippen LogP contribution in [-0.2, 0) is 20.5 Å². The SMILES string of the molecule is CC(C)(C)OC(=O)N1CC=C(c2ccc3cnn(C4=CC(=O)NS4=O)c3c2)CC1. The molecule has 0 radical (unpaired) electrons. The number of nitrogens with one attached hydrogen (secondary N) is 1. The molecule has 0 saturated heterocycles. The summed E-state index contributed by atoms with van der Waals surface area (Å²) in [6.45, 7) is 6.61. The molecule has 1 unspecified atom stereocenters. The van der Waals surface area contributed by atoms with Crippen LogP contribution in [0.25, 0.3) is 21.5 Å². The molecule has 0 aliphatic carbocycles. The van der Waals surface area contributed by atoms with Gasteiger partial charge in [-0.3, -0.25) is 9.52 Å². The smallest absolute Gasteiger partial charge is 0.410 e. The van der Waals surface area contributed by atoms with E-state index in [2.05, 4.69) is 9.82 Å². The van der Waals surface area contributed by atoms with E-state index in [1.807, 2.05) is 45.0 Å². The Morgan fingerprint density at radius 1 is 1.31 bits per heavy atom. The molecule has 2 aromatic rings. The van der Waals surface area contributed by atoms with Crippen LogP contribution in [0, 0.1) is 0 Å². The van der Waals surface area contributed by atoms with Gasteiger partial charge in [0.05, 0.1) is 11.7 Å². The predicted octanol–water partition coefficient (Wildman–Crippen LogP) is 2.65. The Kier molecular flexibility index (Phi) is 4.77. The first kappa shape index (κ1) is 19.4. The topological polar surface area (TPSA) is 93.5 Å². The standard InChI is InChI=1S/C20H22N4O4S/c1-20(2,3)28-19(26)23-8-6-13(7-9-23)14-4-5-15-12-21-24(16(15)10-14)18-11-17(25)22-29(18)27/h4-6,10-12H,7-9H2,1-3H3,(H,22,25). The summed E-state index contributed by atoms with van der Waals surface area (Å²) in [6.07, 6.45) is 5.39. The molecule has 3 heterocycles. The van der Waals surface area contributed by atoms with E-state index >= 15 is 0 Å². The van der Waals surface area contributed by atoms with Gasteiger partial charge in [-0.25, -0.2) is 13.7 Å². The van der Waals surface area contributed by atoms with Crippen molar-refractivity contribution in [1.29, 1.82) is 0 Å². The third-order valence-electron chi connectivity index (χ3n) is 4.65. The molecule has 152 valence electrons. The van der Waals surface area contributed by atoms with E-state index < -0.39 is 22.5 Å². The molecular formula is C20H22N4O4S. The number of hydrogen-bond acceptors (Lipinski definition) is 5. The lowest BCUT2D eigenvalue weighted by atomic mass is 9.99. The van der Waals surface area contributed by atoms with Gasteiger partial charge in [-0.05, 0) is 44.4 Å². The van der Waals surface area contributed by atoms with Gasteiger partial charge in [-0.15, -0.1) is 0 Å². The van der Waals surface area contributed by atoms with Crippen molar-refractivity contribution in [1.82, 2.24) is 19.4 Å². The third-order valence-corrected chi connectivity index (χ3v) is 5.71. The summed E-state index contributed by atoms with van der Waals surface area (Å²) in [7, 11) is -1.62. The van der Waals surface area contributed by atoms with Crippen LogP contribution in [0.4, 0.5) is 4.79 Å². The molecule has 2 aliphatic heterocycles. The largest absolute Gasteiger partial charge is 0.444 e. The van der Waals surface area contributed by atoms with Crippen molar-refractivity contribution in [2.45, 2.75) is 32.8 Å². The number of hydrogen-bond donors (Lipinski definition) is 1. The number of benzene rings is 1. The molecule has 1 N–H and O–H groups in total. The number of ether oxygens (including phenoxy) is 1. The molecule has 4 rings (SSSR count). The van der Waals surface area contributed by atoms with Crippen molar-refractivity contribution in [3.05, 3.63) is 42.1 Å². The van der Waals surface area contributed by atoms with Crippen LogP contribution in [0.15, 0.2) is 36.5 Å². The molecular weight excluding hydrogens is 392 g/mol. The van der Waals surface area contributed by atoms with E-state index in [1.54, 1.807) is 11.1 Å². The second kappa shape index (κ2) is 7.14. The Morgan fingerprint density at radius 3 is 2.72 bits per heavy atom. The second-order valence-corrected chi connectivity index (χ2v) is 9.11. The van der Waals surface area contributed by atoms with E-state index in [0.29, 0.717) is 24.5 Å². The fourth-order valence-electron chi connectivity index (χ4n) is 3.30. The Morgan fingerprint density at radius 2 is 2.10 bits per heavy atom. The third kappa shape index (κ3) is 3.95. The first-order valence-corrected chi connectivity index (χ1v) is 10.5. The lowest BCUT2D eigenvalue weighted by Gasteiger charge is -2.29. The van der Waals surface area contributed by atoms with Gasteiger partial charge >= 0.3 is 6.09 Å². The van der Waals surface area contributed by atoms with Gasteiger partial charge < -0.3 is 9.64 Å². The Hall–Kier alpha value is -2.94. The van der Waals surface area contributed by atoms with E-state index in [0.717, 1.165) is 22.0 Å². The molecule has 9 heteroatoms. The van der Waals surface area contributed by atoms with Crippen molar-refractivity contribution < 1.29 is 18.5 Å². The number of fused-ring (bicyclic) bond motifs is 1. The summed E-state index contributed by atoms with van der Waals surface area (Å²) in [5.74, 6) is -0.393. The Bertz CT molecular complexity index is 1090. The fraction of sp³-hybridized carbons (Fsp3) is 0.350. The maximum absolute atomic E-state index is 12.2. The zero-order valence-electron chi connectivity index (χ0n) is 16.5. The molecule has 8 nitrogen and oxygen atoms in total. The first-order valence-electron chi connectivity index (χ1n) is 9.31. The van der Waals surface area contributed by atoms with Crippen LogP contribution in [0.3, 0.4) is 0 Å². The first-order chi connectivity index (χ1) is 13.7. The van der Waals surface area contributed by atoms with E-state index in [-0.39, 0.29) is 6.09 Å². The highest BCUT2D eigenvalue weighted by Crippen LogP contribution is 2.28. The van der Waals surface area contributed by atoms with E-state index in [4.69, 9.17) is 4.74 Å². The second-order valence-electron chi connectivity index (χ2n) is 7.95. The summed E-state index contributed by atoms with van der Waals surface area (Å²) in [5.41, 5.74) is 2.38. The fourth-order valence-corrected chi connectivity index (χ4v) is 4.16. The molecule has 2 amide bonds. The van der Waals surface area contributed by atoms with Crippen molar-refractivity contribution in [2.24, 2.45) is 0 Å². The number of carbonyl (C=O) groups excluding carboxylic acids is 2. The maximum atomic E-state index is 12.2. The molecule has 0 saturated carbocycles.